The number of anilines is 3. The van der Waals surface area contributed by atoms with Gasteiger partial charge in [-0.1, -0.05) is 49.6 Å². The Hall–Kier alpha value is -7.40. The van der Waals surface area contributed by atoms with Crippen LogP contribution in [0.1, 0.15) is 5.56 Å². The second-order valence-electron chi connectivity index (χ2n) is 11.0. The van der Waals surface area contributed by atoms with E-state index in [2.05, 4.69) is 23.4 Å². The largest absolute Gasteiger partial charge is 0.458 e. The van der Waals surface area contributed by atoms with Gasteiger partial charge < -0.3 is 23.5 Å². The number of nitrogens with zero attached hydrogens (tertiary/aromatic N) is 3. The first-order valence-electron chi connectivity index (χ1n) is 15.8. The predicted octanol–water partition coefficient (Wildman–Crippen LogP) is 7.97. The molecule has 1 aromatic heterocycles. The molecule has 0 aliphatic heterocycles. The van der Waals surface area contributed by atoms with Gasteiger partial charge in [-0.2, -0.15) is 0 Å². The predicted molar refractivity (Wildman–Crippen MR) is 193 cm³/mol. The third-order valence-electron chi connectivity index (χ3n) is 7.65. The van der Waals surface area contributed by atoms with E-state index in [0.717, 1.165) is 51.5 Å². The fraction of sp³-hybridized carbons (Fsp3) is 0.0244. The van der Waals surface area contributed by atoms with Crippen LogP contribution < -0.4 is 14.4 Å². The van der Waals surface area contributed by atoms with Gasteiger partial charge in [-0.3, -0.25) is 4.79 Å². The van der Waals surface area contributed by atoms with E-state index in [4.69, 9.17) is 18.6 Å². The van der Waals surface area contributed by atoms with Crippen molar-refractivity contribution < 1.29 is 37.8 Å². The van der Waals surface area contributed by atoms with E-state index >= 15 is 0 Å². The third kappa shape index (κ3) is 8.24. The maximum Gasteiger partial charge on any atom is 0.376 e. The molecule has 11 nitrogen and oxygen atoms in total. The van der Waals surface area contributed by atoms with Crippen LogP contribution in [0.25, 0.3) is 34.0 Å². The van der Waals surface area contributed by atoms with Gasteiger partial charge in [-0.25, -0.2) is 14.4 Å². The second-order valence-corrected chi connectivity index (χ2v) is 11.0. The van der Waals surface area contributed by atoms with Gasteiger partial charge in [0.25, 0.3) is 0 Å². The molecule has 0 fully saturated rings. The van der Waals surface area contributed by atoms with E-state index in [1.54, 1.807) is 36.4 Å². The van der Waals surface area contributed by atoms with Gasteiger partial charge in [0.05, 0.1) is 0 Å². The molecule has 0 aliphatic rings. The number of benzene rings is 5. The Balaban J connectivity index is 1.21. The molecule has 0 bridgehead atoms. The summed E-state index contributed by atoms with van der Waals surface area (Å²) in [5, 5.41) is 8.53. The van der Waals surface area contributed by atoms with Gasteiger partial charge in [0.1, 0.15) is 18.1 Å². The van der Waals surface area contributed by atoms with E-state index in [1.165, 1.54) is 0 Å². The lowest BCUT2D eigenvalue weighted by molar-refractivity contribution is -0.141. The monoisotopic (exact) mass is 691 g/mol. The van der Waals surface area contributed by atoms with Crippen molar-refractivity contribution >= 4 is 41.3 Å². The number of hydrogen-bond acceptors (Lipinski definition) is 11. The van der Waals surface area contributed by atoms with Gasteiger partial charge in [0.2, 0.25) is 18.1 Å². The lowest BCUT2D eigenvalue weighted by Crippen LogP contribution is -2.10. The molecule has 0 aliphatic carbocycles. The second kappa shape index (κ2) is 15.9. The highest BCUT2D eigenvalue weighted by atomic mass is 16.5. The number of carbonyl (C=O) groups is 4. The summed E-state index contributed by atoms with van der Waals surface area (Å²) in [6, 6.07) is 36.5. The minimum Gasteiger partial charge on any atom is -0.458 e. The SMILES string of the molecule is C=CC(=O)OCc1ccc(N(c2ccc(OC(=O)C=C)cc2)c2ccc(-c3nnc(-c4ccc(-c5ccc(OC(=O)C=O)cc5)cc4)o3)cc2)cc1. The zero-order valence-corrected chi connectivity index (χ0v) is 27.5. The molecular formula is C41H29N3O8. The fourth-order valence-electron chi connectivity index (χ4n) is 5.09. The van der Waals surface area contributed by atoms with Gasteiger partial charge in [-0.15, -0.1) is 10.2 Å². The summed E-state index contributed by atoms with van der Waals surface area (Å²) in [7, 11) is 0. The Morgan fingerprint density at radius 3 is 1.46 bits per heavy atom. The number of esters is 3. The summed E-state index contributed by atoms with van der Waals surface area (Å²) < 4.78 is 21.4. The fourth-order valence-corrected chi connectivity index (χ4v) is 5.09. The lowest BCUT2D eigenvalue weighted by atomic mass is 10.0. The summed E-state index contributed by atoms with van der Waals surface area (Å²) in [4.78, 5) is 47.0. The van der Waals surface area contributed by atoms with Crippen LogP contribution in [0.4, 0.5) is 17.1 Å². The Kier molecular flexibility index (Phi) is 10.5. The molecule has 5 aromatic carbocycles. The van der Waals surface area contributed by atoms with Crippen LogP contribution in [0.15, 0.2) is 151 Å². The normalized spacial score (nSPS) is 10.5. The Labute approximate surface area is 298 Å². The lowest BCUT2D eigenvalue weighted by Gasteiger charge is -2.26. The molecular weight excluding hydrogens is 662 g/mol. The Morgan fingerprint density at radius 2 is 0.962 bits per heavy atom. The van der Waals surface area contributed by atoms with E-state index in [0.29, 0.717) is 23.1 Å². The molecule has 6 aromatic rings. The summed E-state index contributed by atoms with van der Waals surface area (Å²) in [5.41, 5.74) is 6.46. The standard InChI is InChI=1S/C41H29N3O8/c1-3-37(46)49-26-27-5-15-32(16-6-27)44(34-19-23-36(24-20-34)50-38(47)4-2)33-17-11-31(12-18-33)41-43-42-40(52-41)30-9-7-28(8-10-30)29-13-21-35(22-14-29)51-39(48)25-45/h3-25H,1-2,26H2. The topological polar surface area (TPSA) is 138 Å². The molecule has 0 saturated carbocycles. The number of rotatable bonds is 13. The molecule has 0 amide bonds. The van der Waals surface area contributed by atoms with Crippen molar-refractivity contribution in [3.8, 4) is 45.5 Å². The van der Waals surface area contributed by atoms with Crippen molar-refractivity contribution in [2.75, 3.05) is 4.90 Å². The first-order valence-corrected chi connectivity index (χ1v) is 15.8. The van der Waals surface area contributed by atoms with Crippen molar-refractivity contribution in [1.82, 2.24) is 10.2 Å². The average molecular weight is 692 g/mol. The summed E-state index contributed by atoms with van der Waals surface area (Å²) in [5.74, 6) is -0.681. The molecule has 1 heterocycles. The zero-order chi connectivity index (χ0) is 36.5. The Morgan fingerprint density at radius 1 is 0.558 bits per heavy atom. The molecule has 11 heteroatoms. The van der Waals surface area contributed by atoms with Crippen LogP contribution in [-0.4, -0.2) is 34.4 Å². The number of carbonyl (C=O) groups excluding carboxylic acids is 4. The molecule has 0 radical (unpaired) electrons. The quantitative estimate of drug-likeness (QED) is 0.0383. The highest BCUT2D eigenvalue weighted by Gasteiger charge is 2.16. The van der Waals surface area contributed by atoms with Crippen molar-refractivity contribution in [1.29, 1.82) is 0 Å². The van der Waals surface area contributed by atoms with E-state index < -0.39 is 17.9 Å². The van der Waals surface area contributed by atoms with E-state index in [-0.39, 0.29) is 18.6 Å². The van der Waals surface area contributed by atoms with Crippen LogP contribution in [0.5, 0.6) is 11.5 Å². The summed E-state index contributed by atoms with van der Waals surface area (Å²) in [6.07, 6.45) is 2.33. The van der Waals surface area contributed by atoms with Gasteiger partial charge >= 0.3 is 17.9 Å². The molecule has 0 unspecified atom stereocenters. The summed E-state index contributed by atoms with van der Waals surface area (Å²) >= 11 is 0. The Bertz CT molecular complexity index is 2230. The third-order valence-corrected chi connectivity index (χ3v) is 7.65. The maximum absolute atomic E-state index is 11.7. The molecule has 52 heavy (non-hydrogen) atoms. The average Bonchev–Trinajstić information content (AvgIpc) is 3.69. The molecule has 0 atom stereocenters. The van der Waals surface area contributed by atoms with Crippen LogP contribution >= 0.6 is 0 Å². The van der Waals surface area contributed by atoms with Gasteiger partial charge in [0, 0.05) is 40.3 Å². The first-order chi connectivity index (χ1) is 25.3. The highest BCUT2D eigenvalue weighted by Crippen LogP contribution is 2.37. The van der Waals surface area contributed by atoms with Crippen molar-refractivity contribution in [3.05, 3.63) is 152 Å². The first kappa shape index (κ1) is 34.5. The number of aldehydes is 1. The summed E-state index contributed by atoms with van der Waals surface area (Å²) in [6.45, 7) is 6.97. The van der Waals surface area contributed by atoms with Gasteiger partial charge in [0.15, 0.2) is 0 Å². The van der Waals surface area contributed by atoms with Crippen LogP contribution in [0, 0.1) is 0 Å². The van der Waals surface area contributed by atoms with Crippen molar-refractivity contribution in [2.24, 2.45) is 0 Å². The number of ether oxygens (including phenoxy) is 3. The molecule has 6 rings (SSSR count). The van der Waals surface area contributed by atoms with Crippen LogP contribution in [0.2, 0.25) is 0 Å². The number of hydrogen-bond donors (Lipinski definition) is 0. The maximum atomic E-state index is 11.7. The molecule has 0 N–H and O–H groups in total. The minimum absolute atomic E-state index is 0.109. The molecule has 0 saturated heterocycles. The molecule has 0 spiro atoms. The van der Waals surface area contributed by atoms with Crippen LogP contribution in [0.3, 0.4) is 0 Å². The van der Waals surface area contributed by atoms with E-state index in [1.807, 2.05) is 89.8 Å². The van der Waals surface area contributed by atoms with Gasteiger partial charge in [-0.05, 0) is 102 Å². The highest BCUT2D eigenvalue weighted by molar-refractivity contribution is 6.21. The van der Waals surface area contributed by atoms with Crippen molar-refractivity contribution in [3.63, 3.8) is 0 Å². The molecule has 256 valence electrons. The van der Waals surface area contributed by atoms with E-state index in [9.17, 15) is 19.2 Å². The number of aromatic nitrogens is 2. The van der Waals surface area contributed by atoms with Crippen LogP contribution in [-0.2, 0) is 30.5 Å². The minimum atomic E-state index is -0.958. The van der Waals surface area contributed by atoms with Crippen molar-refractivity contribution in [2.45, 2.75) is 6.61 Å². The smallest absolute Gasteiger partial charge is 0.376 e. The zero-order valence-electron chi connectivity index (χ0n) is 27.5.